The fourth-order valence-corrected chi connectivity index (χ4v) is 2.17. The van der Waals surface area contributed by atoms with Gasteiger partial charge in [-0.15, -0.1) is 0 Å². The number of hydrogen-bond donors (Lipinski definition) is 2. The number of piperazine rings is 1. The first-order valence-electron chi connectivity index (χ1n) is 7.01. The second-order valence-corrected chi connectivity index (χ2v) is 5.39. The molecule has 4 heteroatoms. The van der Waals surface area contributed by atoms with E-state index in [4.69, 9.17) is 0 Å². The summed E-state index contributed by atoms with van der Waals surface area (Å²) in [6.07, 6.45) is 0. The lowest BCUT2D eigenvalue weighted by molar-refractivity contribution is 0.0949. The van der Waals surface area contributed by atoms with Crippen molar-refractivity contribution in [3.8, 4) is 0 Å². The molecule has 2 N–H and O–H groups in total. The highest BCUT2D eigenvalue weighted by Gasteiger charge is 2.12. The Morgan fingerprint density at radius 3 is 2.79 bits per heavy atom. The molecule has 1 heterocycles. The minimum absolute atomic E-state index is 0.0192. The third kappa shape index (κ3) is 3.96. The van der Waals surface area contributed by atoms with E-state index in [9.17, 15) is 4.79 Å². The molecule has 1 aliphatic rings. The molecule has 0 bridgehead atoms. The summed E-state index contributed by atoms with van der Waals surface area (Å²) in [7, 11) is 0. The molecule has 0 atom stereocenters. The summed E-state index contributed by atoms with van der Waals surface area (Å²) in [6, 6.07) is 7.90. The van der Waals surface area contributed by atoms with Crippen molar-refractivity contribution in [2.24, 2.45) is 5.92 Å². The van der Waals surface area contributed by atoms with Crippen LogP contribution in [0.5, 0.6) is 0 Å². The first-order valence-corrected chi connectivity index (χ1v) is 7.01. The van der Waals surface area contributed by atoms with Gasteiger partial charge in [-0.25, -0.2) is 0 Å². The Hall–Kier alpha value is -1.55. The van der Waals surface area contributed by atoms with E-state index >= 15 is 0 Å². The van der Waals surface area contributed by atoms with Gasteiger partial charge in [0.1, 0.15) is 0 Å². The molecule has 19 heavy (non-hydrogen) atoms. The van der Waals surface area contributed by atoms with Gasteiger partial charge in [0.2, 0.25) is 0 Å². The van der Waals surface area contributed by atoms with Crippen molar-refractivity contribution < 1.29 is 4.79 Å². The molecule has 1 fully saturated rings. The fourth-order valence-electron chi connectivity index (χ4n) is 2.17. The molecule has 1 aliphatic heterocycles. The number of hydrogen-bond acceptors (Lipinski definition) is 3. The Bertz CT molecular complexity index is 425. The maximum atomic E-state index is 12.0. The van der Waals surface area contributed by atoms with Crippen LogP contribution in [0.25, 0.3) is 0 Å². The SMILES string of the molecule is CC(C)CNC(=O)c1cccc(N2CCNCC2)c1. The molecule has 1 aromatic carbocycles. The molecule has 0 aliphatic carbocycles. The summed E-state index contributed by atoms with van der Waals surface area (Å²) in [5.74, 6) is 0.492. The second-order valence-electron chi connectivity index (χ2n) is 5.39. The van der Waals surface area contributed by atoms with E-state index in [1.165, 1.54) is 0 Å². The van der Waals surface area contributed by atoms with E-state index < -0.39 is 0 Å². The maximum Gasteiger partial charge on any atom is 0.251 e. The smallest absolute Gasteiger partial charge is 0.251 e. The van der Waals surface area contributed by atoms with Crippen molar-refractivity contribution in [3.05, 3.63) is 29.8 Å². The number of rotatable bonds is 4. The Balaban J connectivity index is 2.03. The van der Waals surface area contributed by atoms with Gasteiger partial charge in [0.25, 0.3) is 5.91 Å². The zero-order valence-corrected chi connectivity index (χ0v) is 11.8. The molecule has 0 radical (unpaired) electrons. The van der Waals surface area contributed by atoms with Gasteiger partial charge in [0.05, 0.1) is 0 Å². The number of nitrogens with zero attached hydrogens (tertiary/aromatic N) is 1. The first-order chi connectivity index (χ1) is 9.16. The minimum Gasteiger partial charge on any atom is -0.369 e. The number of anilines is 1. The number of carbonyl (C=O) groups is 1. The van der Waals surface area contributed by atoms with E-state index in [0.29, 0.717) is 5.92 Å². The highest BCUT2D eigenvalue weighted by Crippen LogP contribution is 2.16. The van der Waals surface area contributed by atoms with Crippen LogP contribution < -0.4 is 15.5 Å². The highest BCUT2D eigenvalue weighted by atomic mass is 16.1. The van der Waals surface area contributed by atoms with Gasteiger partial charge >= 0.3 is 0 Å². The van der Waals surface area contributed by atoms with Crippen LogP contribution in [0, 0.1) is 5.92 Å². The lowest BCUT2D eigenvalue weighted by Gasteiger charge is -2.29. The average Bonchev–Trinajstić information content (AvgIpc) is 2.46. The Kier molecular flexibility index (Phi) is 4.80. The highest BCUT2D eigenvalue weighted by molar-refractivity contribution is 5.95. The molecule has 1 saturated heterocycles. The van der Waals surface area contributed by atoms with Crippen LogP contribution >= 0.6 is 0 Å². The summed E-state index contributed by atoms with van der Waals surface area (Å²) in [5.41, 5.74) is 1.88. The van der Waals surface area contributed by atoms with Gasteiger partial charge in [0, 0.05) is 44.0 Å². The molecule has 0 aromatic heterocycles. The van der Waals surface area contributed by atoms with Gasteiger partial charge < -0.3 is 15.5 Å². The number of amides is 1. The summed E-state index contributed by atoms with van der Waals surface area (Å²) in [4.78, 5) is 14.4. The maximum absolute atomic E-state index is 12.0. The van der Waals surface area contributed by atoms with Crippen molar-refractivity contribution in [3.63, 3.8) is 0 Å². The van der Waals surface area contributed by atoms with Crippen LogP contribution in [0.3, 0.4) is 0 Å². The van der Waals surface area contributed by atoms with Crippen molar-refractivity contribution in [1.29, 1.82) is 0 Å². The van der Waals surface area contributed by atoms with Crippen LogP contribution in [0.2, 0.25) is 0 Å². The zero-order chi connectivity index (χ0) is 13.7. The third-order valence-corrected chi connectivity index (χ3v) is 3.26. The Labute approximate surface area is 115 Å². The summed E-state index contributed by atoms with van der Waals surface area (Å²) in [5, 5.41) is 6.29. The van der Waals surface area contributed by atoms with Crippen LogP contribution in [0.4, 0.5) is 5.69 Å². The van der Waals surface area contributed by atoms with Crippen LogP contribution in [0.15, 0.2) is 24.3 Å². The predicted octanol–water partition coefficient (Wildman–Crippen LogP) is 1.48. The van der Waals surface area contributed by atoms with Gasteiger partial charge in [-0.1, -0.05) is 19.9 Å². The third-order valence-electron chi connectivity index (χ3n) is 3.26. The fraction of sp³-hybridized carbons (Fsp3) is 0.533. The largest absolute Gasteiger partial charge is 0.369 e. The molecule has 2 rings (SSSR count). The van der Waals surface area contributed by atoms with Crippen molar-refractivity contribution in [1.82, 2.24) is 10.6 Å². The van der Waals surface area contributed by atoms with E-state index in [2.05, 4.69) is 35.4 Å². The minimum atomic E-state index is 0.0192. The molecule has 4 nitrogen and oxygen atoms in total. The van der Waals surface area contributed by atoms with E-state index in [-0.39, 0.29) is 5.91 Å². The van der Waals surface area contributed by atoms with Crippen LogP contribution in [-0.2, 0) is 0 Å². The normalized spacial score (nSPS) is 15.6. The quantitative estimate of drug-likeness (QED) is 0.863. The standard InChI is InChI=1S/C15H23N3O/c1-12(2)11-17-15(19)13-4-3-5-14(10-13)18-8-6-16-7-9-18/h3-5,10,12,16H,6-9,11H2,1-2H3,(H,17,19). The van der Waals surface area contributed by atoms with Crippen LogP contribution in [0.1, 0.15) is 24.2 Å². The molecule has 0 spiro atoms. The van der Waals surface area contributed by atoms with Gasteiger partial charge in [-0.2, -0.15) is 0 Å². The number of carbonyl (C=O) groups excluding carboxylic acids is 1. The Morgan fingerprint density at radius 2 is 2.11 bits per heavy atom. The van der Waals surface area contributed by atoms with Gasteiger partial charge in [0.15, 0.2) is 0 Å². The lowest BCUT2D eigenvalue weighted by Crippen LogP contribution is -2.43. The molecule has 104 valence electrons. The summed E-state index contributed by atoms with van der Waals surface area (Å²) >= 11 is 0. The molecule has 0 unspecified atom stereocenters. The molecule has 0 saturated carbocycles. The molecule has 1 amide bonds. The molecular weight excluding hydrogens is 238 g/mol. The molecule has 1 aromatic rings. The summed E-state index contributed by atoms with van der Waals surface area (Å²) < 4.78 is 0. The predicted molar refractivity (Wildman–Crippen MR) is 78.7 cm³/mol. The van der Waals surface area contributed by atoms with E-state index in [1.807, 2.05) is 18.2 Å². The van der Waals surface area contributed by atoms with Gasteiger partial charge in [-0.05, 0) is 24.1 Å². The zero-order valence-electron chi connectivity index (χ0n) is 11.8. The number of benzene rings is 1. The number of nitrogens with one attached hydrogen (secondary N) is 2. The topological polar surface area (TPSA) is 44.4 Å². The van der Waals surface area contributed by atoms with Crippen LogP contribution in [-0.4, -0.2) is 38.6 Å². The van der Waals surface area contributed by atoms with Gasteiger partial charge in [-0.3, -0.25) is 4.79 Å². The monoisotopic (exact) mass is 261 g/mol. The first kappa shape index (κ1) is 13.9. The van der Waals surface area contributed by atoms with Crippen molar-refractivity contribution >= 4 is 11.6 Å². The summed E-state index contributed by atoms with van der Waals surface area (Å²) in [6.45, 7) is 8.91. The second kappa shape index (κ2) is 6.57. The Morgan fingerprint density at radius 1 is 1.37 bits per heavy atom. The van der Waals surface area contributed by atoms with Crippen molar-refractivity contribution in [2.75, 3.05) is 37.6 Å². The van der Waals surface area contributed by atoms with E-state index in [1.54, 1.807) is 0 Å². The lowest BCUT2D eigenvalue weighted by atomic mass is 10.1. The van der Waals surface area contributed by atoms with Crippen molar-refractivity contribution in [2.45, 2.75) is 13.8 Å². The molecular formula is C15H23N3O. The van der Waals surface area contributed by atoms with E-state index in [0.717, 1.165) is 44.0 Å². The average molecular weight is 261 g/mol.